The Morgan fingerprint density at radius 2 is 0.947 bits per heavy atom. The van der Waals surface area contributed by atoms with Crippen molar-refractivity contribution in [2.45, 2.75) is 76.2 Å². The van der Waals surface area contributed by atoms with E-state index in [1.807, 2.05) is 0 Å². The summed E-state index contributed by atoms with van der Waals surface area (Å²) in [5, 5.41) is 48.2. The molecule has 15 nitrogen and oxygen atoms in total. The summed E-state index contributed by atoms with van der Waals surface area (Å²) in [6.45, 7) is 5.10. The Labute approximate surface area is 330 Å². The van der Waals surface area contributed by atoms with Gasteiger partial charge < -0.3 is 51.2 Å². The lowest BCUT2D eigenvalue weighted by Gasteiger charge is -2.29. The predicted molar refractivity (Wildman–Crippen MR) is 208 cm³/mol. The summed E-state index contributed by atoms with van der Waals surface area (Å²) in [6.07, 6.45) is 0.165. The molecule has 4 aromatic carbocycles. The molecule has 0 spiro atoms. The number of amides is 4. The van der Waals surface area contributed by atoms with E-state index >= 15 is 0 Å². The van der Waals surface area contributed by atoms with Crippen molar-refractivity contribution in [3.63, 3.8) is 0 Å². The first-order valence-corrected chi connectivity index (χ1v) is 18.1. The summed E-state index contributed by atoms with van der Waals surface area (Å²) in [7, 11) is 1.21. The van der Waals surface area contributed by atoms with Crippen LogP contribution in [0.25, 0.3) is 0 Å². The van der Waals surface area contributed by atoms with Gasteiger partial charge in [0.2, 0.25) is 17.7 Å². The van der Waals surface area contributed by atoms with Crippen LogP contribution in [0.4, 0.5) is 4.79 Å². The average Bonchev–Trinajstić information content (AvgIpc) is 3.15. The molecule has 302 valence electrons. The SMILES string of the molecule is COC(=O)[C@H](Cc1ccc(O)cc1)NC(=O)[C@H](Cc1ccc(O)cc1)NC(=O)OC(C)(C)C.O=C1NC(Cc2ccc(O)cc2)C(=O)NC1Cc1ccc(O)cc1. The first kappa shape index (κ1) is 43.0. The highest BCUT2D eigenvalue weighted by Crippen LogP contribution is 2.17. The van der Waals surface area contributed by atoms with Crippen molar-refractivity contribution < 1.29 is 53.9 Å². The molecule has 5 rings (SSSR count). The molecule has 0 bridgehead atoms. The van der Waals surface area contributed by atoms with Crippen molar-refractivity contribution in [1.82, 2.24) is 21.3 Å². The number of aromatic hydroxyl groups is 4. The Morgan fingerprint density at radius 3 is 1.30 bits per heavy atom. The summed E-state index contributed by atoms with van der Waals surface area (Å²) >= 11 is 0. The summed E-state index contributed by atoms with van der Waals surface area (Å²) < 4.78 is 10.1. The molecule has 0 saturated carbocycles. The first-order chi connectivity index (χ1) is 27.0. The van der Waals surface area contributed by atoms with E-state index in [1.54, 1.807) is 93.6 Å². The normalized spacial score (nSPS) is 16.0. The van der Waals surface area contributed by atoms with Crippen LogP contribution in [0.15, 0.2) is 97.1 Å². The Balaban J connectivity index is 0.000000265. The quantitative estimate of drug-likeness (QED) is 0.0972. The number of phenolic OH excluding ortho intramolecular Hbond substituents is 4. The number of carbonyl (C=O) groups is 5. The van der Waals surface area contributed by atoms with Crippen molar-refractivity contribution in [2.75, 3.05) is 7.11 Å². The number of ether oxygens (including phenoxy) is 2. The third-order valence-corrected chi connectivity index (χ3v) is 8.58. The van der Waals surface area contributed by atoms with Gasteiger partial charge in [-0.25, -0.2) is 9.59 Å². The van der Waals surface area contributed by atoms with Crippen LogP contribution >= 0.6 is 0 Å². The van der Waals surface area contributed by atoms with Crippen LogP contribution in [0.2, 0.25) is 0 Å². The lowest BCUT2D eigenvalue weighted by Crippen LogP contribution is -2.62. The summed E-state index contributed by atoms with van der Waals surface area (Å²) in [4.78, 5) is 62.3. The van der Waals surface area contributed by atoms with Crippen LogP contribution in [0, 0.1) is 0 Å². The van der Waals surface area contributed by atoms with E-state index in [9.17, 15) is 44.4 Å². The topological polar surface area (TPSA) is 233 Å². The zero-order valence-electron chi connectivity index (χ0n) is 32.0. The van der Waals surface area contributed by atoms with E-state index in [0.717, 1.165) is 11.1 Å². The summed E-state index contributed by atoms with van der Waals surface area (Å²) in [5.74, 6) is -1.26. The van der Waals surface area contributed by atoms with Gasteiger partial charge in [0.1, 0.15) is 52.8 Å². The first-order valence-electron chi connectivity index (χ1n) is 18.1. The van der Waals surface area contributed by atoms with Crippen molar-refractivity contribution in [3.8, 4) is 23.0 Å². The van der Waals surface area contributed by atoms with Gasteiger partial charge in [-0.2, -0.15) is 0 Å². The molecule has 1 aliphatic rings. The van der Waals surface area contributed by atoms with Crippen LogP contribution in [0.5, 0.6) is 23.0 Å². The van der Waals surface area contributed by atoms with Gasteiger partial charge in [-0.1, -0.05) is 48.5 Å². The Hall–Kier alpha value is -6.77. The number of hydrogen-bond donors (Lipinski definition) is 8. The third kappa shape index (κ3) is 14.1. The molecule has 1 saturated heterocycles. The fraction of sp³-hybridized carbons (Fsp3) is 0.310. The van der Waals surface area contributed by atoms with E-state index in [0.29, 0.717) is 24.0 Å². The van der Waals surface area contributed by atoms with Crippen molar-refractivity contribution >= 4 is 29.8 Å². The smallest absolute Gasteiger partial charge is 0.408 e. The van der Waals surface area contributed by atoms with Crippen LogP contribution < -0.4 is 21.3 Å². The maximum absolute atomic E-state index is 13.1. The van der Waals surface area contributed by atoms with Gasteiger partial charge in [-0.05, 0) is 91.6 Å². The molecule has 4 atom stereocenters. The molecule has 4 amide bonds. The van der Waals surface area contributed by atoms with E-state index in [-0.39, 0.29) is 47.7 Å². The van der Waals surface area contributed by atoms with Gasteiger partial charge in [0.05, 0.1) is 7.11 Å². The van der Waals surface area contributed by atoms with E-state index in [4.69, 9.17) is 9.47 Å². The minimum absolute atomic E-state index is 0.0690. The van der Waals surface area contributed by atoms with E-state index in [2.05, 4.69) is 21.3 Å². The molecular weight excluding hydrogens is 736 g/mol. The second kappa shape index (κ2) is 19.7. The molecule has 8 N–H and O–H groups in total. The zero-order valence-corrected chi connectivity index (χ0v) is 32.0. The number of methoxy groups -OCH3 is 1. The summed E-state index contributed by atoms with van der Waals surface area (Å²) in [6, 6.07) is 22.1. The van der Waals surface area contributed by atoms with Gasteiger partial charge in [0, 0.05) is 25.7 Å². The van der Waals surface area contributed by atoms with E-state index in [1.165, 1.54) is 31.4 Å². The number of hydrogen-bond acceptors (Lipinski definition) is 11. The van der Waals surface area contributed by atoms with Crippen molar-refractivity contribution in [2.24, 2.45) is 0 Å². The maximum atomic E-state index is 13.1. The summed E-state index contributed by atoms with van der Waals surface area (Å²) in [5.41, 5.74) is 2.31. The van der Waals surface area contributed by atoms with Gasteiger partial charge in [0.15, 0.2) is 0 Å². The fourth-order valence-corrected chi connectivity index (χ4v) is 5.70. The molecule has 1 fully saturated rings. The number of piperazine rings is 1. The number of esters is 1. The molecule has 4 aromatic rings. The molecular formula is C42H48N4O11. The minimum Gasteiger partial charge on any atom is -0.508 e. The van der Waals surface area contributed by atoms with E-state index < -0.39 is 47.7 Å². The number of benzene rings is 4. The standard InChI is InChI=1S/C24H30N2O7.C18H18N2O4/c1-24(2,3)33-23(31)26-19(13-15-5-9-17(27)10-6-15)21(29)25-20(22(30)32-4)14-16-7-11-18(28)12-8-16;21-13-5-1-11(2-6-13)9-15-17(23)20-16(18(24)19-15)10-12-3-7-14(22)8-4-12/h5-12,19-20,27-28H,13-14H2,1-4H3,(H,25,29)(H,26,31);1-8,15-16,21-22H,9-10H2,(H,19,24)(H,20,23)/t19-,20-;/m0./s1. The highest BCUT2D eigenvalue weighted by molar-refractivity contribution is 5.97. The second-order valence-corrected chi connectivity index (χ2v) is 14.4. The molecule has 1 heterocycles. The minimum atomic E-state index is -1.06. The zero-order chi connectivity index (χ0) is 41.7. The number of phenols is 4. The largest absolute Gasteiger partial charge is 0.508 e. The second-order valence-electron chi connectivity index (χ2n) is 14.4. The molecule has 0 radical (unpaired) electrons. The molecule has 1 aliphatic heterocycles. The van der Waals surface area contributed by atoms with Crippen LogP contribution in [0.1, 0.15) is 43.0 Å². The van der Waals surface area contributed by atoms with Gasteiger partial charge in [-0.3, -0.25) is 14.4 Å². The Kier molecular flexibility index (Phi) is 14.9. The Morgan fingerprint density at radius 1 is 0.596 bits per heavy atom. The number of nitrogens with one attached hydrogen (secondary N) is 4. The lowest BCUT2D eigenvalue weighted by atomic mass is 9.98. The number of alkyl carbamates (subject to hydrolysis) is 1. The van der Waals surface area contributed by atoms with Crippen LogP contribution in [-0.4, -0.2) is 87.1 Å². The molecule has 15 heteroatoms. The number of carbonyl (C=O) groups excluding carboxylic acids is 5. The van der Waals surface area contributed by atoms with Crippen LogP contribution in [0.3, 0.4) is 0 Å². The molecule has 0 aliphatic carbocycles. The average molecular weight is 785 g/mol. The van der Waals surface area contributed by atoms with Crippen LogP contribution in [-0.2, 0) is 54.3 Å². The van der Waals surface area contributed by atoms with Gasteiger partial charge >= 0.3 is 12.1 Å². The predicted octanol–water partition coefficient (Wildman–Crippen LogP) is 3.30. The third-order valence-electron chi connectivity index (χ3n) is 8.58. The highest BCUT2D eigenvalue weighted by Gasteiger charge is 2.34. The van der Waals surface area contributed by atoms with Crippen molar-refractivity contribution in [1.29, 1.82) is 0 Å². The van der Waals surface area contributed by atoms with Gasteiger partial charge in [0.25, 0.3) is 0 Å². The fourth-order valence-electron chi connectivity index (χ4n) is 5.70. The highest BCUT2D eigenvalue weighted by atomic mass is 16.6. The molecule has 0 aromatic heterocycles. The van der Waals surface area contributed by atoms with Crippen molar-refractivity contribution in [3.05, 3.63) is 119 Å². The monoisotopic (exact) mass is 784 g/mol. The number of rotatable bonds is 12. The maximum Gasteiger partial charge on any atom is 0.408 e. The molecule has 2 unspecified atom stereocenters. The van der Waals surface area contributed by atoms with Gasteiger partial charge in [-0.15, -0.1) is 0 Å². The Bertz CT molecular complexity index is 1910. The lowest BCUT2D eigenvalue weighted by molar-refractivity contribution is -0.145. The molecule has 57 heavy (non-hydrogen) atoms.